The van der Waals surface area contributed by atoms with Crippen molar-refractivity contribution in [2.24, 2.45) is 0 Å². The molecule has 1 aliphatic heterocycles. The summed E-state index contributed by atoms with van der Waals surface area (Å²) in [6.07, 6.45) is 0. The van der Waals surface area contributed by atoms with Crippen molar-refractivity contribution in [3.05, 3.63) is 59.7 Å². The van der Waals surface area contributed by atoms with Crippen LogP contribution in [0.25, 0.3) is 0 Å². The lowest BCUT2D eigenvalue weighted by Gasteiger charge is -2.29. The molecule has 1 aliphatic rings. The van der Waals surface area contributed by atoms with E-state index in [-0.39, 0.29) is 6.61 Å². The molecule has 3 rings (SSSR count). The lowest BCUT2D eigenvalue weighted by molar-refractivity contribution is 0.0388. The van der Waals surface area contributed by atoms with E-state index in [0.717, 1.165) is 35.7 Å². The molecule has 0 aliphatic carbocycles. The second-order valence-corrected chi connectivity index (χ2v) is 5.71. The van der Waals surface area contributed by atoms with E-state index in [1.165, 1.54) is 0 Å². The summed E-state index contributed by atoms with van der Waals surface area (Å²) in [7, 11) is 0. The minimum Gasteiger partial charge on any atom is -0.489 e. The molecule has 0 fully saturated rings. The molecule has 24 heavy (non-hydrogen) atoms. The first-order chi connectivity index (χ1) is 11.8. The van der Waals surface area contributed by atoms with Crippen LogP contribution in [0.15, 0.2) is 48.5 Å². The van der Waals surface area contributed by atoms with Gasteiger partial charge in [-0.2, -0.15) is 0 Å². The summed E-state index contributed by atoms with van der Waals surface area (Å²) in [6, 6.07) is 16.1. The summed E-state index contributed by atoms with van der Waals surface area (Å²) >= 11 is 0. The zero-order valence-electron chi connectivity index (χ0n) is 13.7. The molecular weight excluding hydrogens is 306 g/mol. The van der Waals surface area contributed by atoms with Gasteiger partial charge in [0.2, 0.25) is 0 Å². The summed E-state index contributed by atoms with van der Waals surface area (Å²) in [5.74, 6) is 1.76. The fourth-order valence-corrected chi connectivity index (χ4v) is 2.60. The average molecular weight is 329 g/mol. The highest BCUT2D eigenvalue weighted by Gasteiger charge is 2.17. The van der Waals surface area contributed by atoms with Crippen LogP contribution >= 0.6 is 0 Å². The fourth-order valence-electron chi connectivity index (χ4n) is 2.60. The maximum atomic E-state index is 8.72. The molecule has 0 spiro atoms. The van der Waals surface area contributed by atoms with Crippen LogP contribution in [0.1, 0.15) is 11.1 Å². The third-order valence-corrected chi connectivity index (χ3v) is 3.86. The third-order valence-electron chi connectivity index (χ3n) is 3.86. The third kappa shape index (κ3) is 4.71. The molecule has 0 saturated carbocycles. The van der Waals surface area contributed by atoms with E-state index >= 15 is 0 Å². The molecule has 0 amide bonds. The monoisotopic (exact) mass is 329 g/mol. The topological polar surface area (TPSA) is 51.2 Å². The first-order valence-electron chi connectivity index (χ1n) is 8.18. The molecule has 0 unspecified atom stereocenters. The minimum atomic E-state index is 0.0570. The van der Waals surface area contributed by atoms with E-state index in [4.69, 9.17) is 19.3 Å². The van der Waals surface area contributed by atoms with Gasteiger partial charge in [-0.3, -0.25) is 4.90 Å². The Hall–Kier alpha value is -2.08. The standard InChI is InChI=1S/C19H23NO4/c21-9-11-22-10-8-20-13-17-12-18(6-7-19(17)24-15-20)23-14-16-4-2-1-3-5-16/h1-7,12,21H,8-11,13-15H2. The number of nitrogens with zero attached hydrogens (tertiary/aromatic N) is 1. The Labute approximate surface area is 142 Å². The molecule has 5 heteroatoms. The second-order valence-electron chi connectivity index (χ2n) is 5.71. The smallest absolute Gasteiger partial charge is 0.142 e. The average Bonchev–Trinajstić information content (AvgIpc) is 2.64. The quantitative estimate of drug-likeness (QED) is 0.754. The molecule has 0 atom stereocenters. The minimum absolute atomic E-state index is 0.0570. The summed E-state index contributed by atoms with van der Waals surface area (Å²) < 4.78 is 17.0. The molecule has 2 aromatic rings. The van der Waals surface area contributed by atoms with Crippen molar-refractivity contribution in [3.8, 4) is 11.5 Å². The van der Waals surface area contributed by atoms with Gasteiger partial charge in [-0.1, -0.05) is 30.3 Å². The van der Waals surface area contributed by atoms with Crippen molar-refractivity contribution >= 4 is 0 Å². The molecule has 0 bridgehead atoms. The van der Waals surface area contributed by atoms with Gasteiger partial charge in [-0.05, 0) is 23.8 Å². The van der Waals surface area contributed by atoms with Crippen molar-refractivity contribution in [3.63, 3.8) is 0 Å². The summed E-state index contributed by atoms with van der Waals surface area (Å²) in [5, 5.41) is 8.72. The van der Waals surface area contributed by atoms with Gasteiger partial charge < -0.3 is 19.3 Å². The number of hydrogen-bond acceptors (Lipinski definition) is 5. The number of aliphatic hydroxyl groups excluding tert-OH is 1. The van der Waals surface area contributed by atoms with Gasteiger partial charge in [0.15, 0.2) is 0 Å². The van der Waals surface area contributed by atoms with Crippen LogP contribution in [-0.2, 0) is 17.9 Å². The van der Waals surface area contributed by atoms with Crippen molar-refractivity contribution in [2.45, 2.75) is 13.2 Å². The Morgan fingerprint density at radius 1 is 1.08 bits per heavy atom. The first kappa shape index (κ1) is 16.8. The zero-order valence-corrected chi connectivity index (χ0v) is 13.7. The fraction of sp³-hybridized carbons (Fsp3) is 0.368. The van der Waals surface area contributed by atoms with E-state index in [1.54, 1.807) is 0 Å². The number of rotatable bonds is 8. The highest BCUT2D eigenvalue weighted by molar-refractivity contribution is 5.41. The Balaban J connectivity index is 1.55. The predicted molar refractivity (Wildman–Crippen MR) is 91.0 cm³/mol. The Bertz CT molecular complexity index is 633. The number of fused-ring (bicyclic) bond motifs is 1. The number of ether oxygens (including phenoxy) is 3. The summed E-state index contributed by atoms with van der Waals surface area (Å²) in [4.78, 5) is 2.17. The van der Waals surface area contributed by atoms with Crippen LogP contribution in [0.5, 0.6) is 11.5 Å². The highest BCUT2D eigenvalue weighted by Crippen LogP contribution is 2.29. The molecule has 128 valence electrons. The van der Waals surface area contributed by atoms with E-state index in [1.807, 2.05) is 36.4 Å². The van der Waals surface area contributed by atoms with Gasteiger partial charge in [-0.25, -0.2) is 0 Å². The predicted octanol–water partition coefficient (Wildman–Crippen LogP) is 2.43. The maximum absolute atomic E-state index is 8.72. The SMILES string of the molecule is OCCOCCN1COc2ccc(OCc3ccccc3)cc2C1. The van der Waals surface area contributed by atoms with E-state index in [0.29, 0.717) is 26.6 Å². The summed E-state index contributed by atoms with van der Waals surface area (Å²) in [5.41, 5.74) is 2.27. The maximum Gasteiger partial charge on any atom is 0.142 e. The molecule has 0 radical (unpaired) electrons. The van der Waals surface area contributed by atoms with E-state index in [2.05, 4.69) is 17.0 Å². The second kappa shape index (κ2) is 8.68. The van der Waals surface area contributed by atoms with Crippen molar-refractivity contribution < 1.29 is 19.3 Å². The Morgan fingerprint density at radius 2 is 1.96 bits per heavy atom. The van der Waals surface area contributed by atoms with Crippen LogP contribution in [0.4, 0.5) is 0 Å². The van der Waals surface area contributed by atoms with E-state index < -0.39 is 0 Å². The lowest BCUT2D eigenvalue weighted by atomic mass is 10.1. The van der Waals surface area contributed by atoms with Gasteiger partial charge in [0.25, 0.3) is 0 Å². The first-order valence-corrected chi connectivity index (χ1v) is 8.18. The Morgan fingerprint density at radius 3 is 2.79 bits per heavy atom. The van der Waals surface area contributed by atoms with Gasteiger partial charge >= 0.3 is 0 Å². The van der Waals surface area contributed by atoms with Crippen molar-refractivity contribution in [1.82, 2.24) is 4.90 Å². The molecule has 5 nitrogen and oxygen atoms in total. The van der Waals surface area contributed by atoms with Gasteiger partial charge in [0.1, 0.15) is 24.8 Å². The van der Waals surface area contributed by atoms with Crippen molar-refractivity contribution in [1.29, 1.82) is 0 Å². The molecule has 1 heterocycles. The zero-order chi connectivity index (χ0) is 16.6. The van der Waals surface area contributed by atoms with Crippen LogP contribution < -0.4 is 9.47 Å². The lowest BCUT2D eigenvalue weighted by Crippen LogP contribution is -2.34. The van der Waals surface area contributed by atoms with Crippen LogP contribution in [0, 0.1) is 0 Å². The normalized spacial score (nSPS) is 14.0. The van der Waals surface area contributed by atoms with Crippen LogP contribution in [0.2, 0.25) is 0 Å². The number of aliphatic hydroxyl groups is 1. The molecule has 0 aromatic heterocycles. The number of benzene rings is 2. The van der Waals surface area contributed by atoms with Gasteiger partial charge in [0.05, 0.1) is 19.8 Å². The number of hydrogen-bond donors (Lipinski definition) is 1. The Kier molecular flexibility index (Phi) is 6.07. The van der Waals surface area contributed by atoms with E-state index in [9.17, 15) is 0 Å². The molecule has 0 saturated heterocycles. The van der Waals surface area contributed by atoms with Crippen LogP contribution in [-0.4, -0.2) is 43.1 Å². The molecular formula is C19H23NO4. The highest BCUT2D eigenvalue weighted by atomic mass is 16.5. The van der Waals surface area contributed by atoms with Crippen LogP contribution in [0.3, 0.4) is 0 Å². The van der Waals surface area contributed by atoms with Gasteiger partial charge in [-0.15, -0.1) is 0 Å². The van der Waals surface area contributed by atoms with Crippen molar-refractivity contribution in [2.75, 3.05) is 33.1 Å². The van der Waals surface area contributed by atoms with Gasteiger partial charge in [0, 0.05) is 18.7 Å². The summed E-state index contributed by atoms with van der Waals surface area (Å²) in [6.45, 7) is 3.71. The molecule has 1 N–H and O–H groups in total. The molecule has 2 aromatic carbocycles. The largest absolute Gasteiger partial charge is 0.489 e.